The lowest BCUT2D eigenvalue weighted by atomic mass is 10.1. The summed E-state index contributed by atoms with van der Waals surface area (Å²) in [5, 5.41) is 3.16. The lowest BCUT2D eigenvalue weighted by Gasteiger charge is -2.08. The molecule has 0 unspecified atom stereocenters. The first-order valence-electron chi connectivity index (χ1n) is 6.76. The number of benzene rings is 1. The van der Waals surface area contributed by atoms with Crippen molar-refractivity contribution in [1.82, 2.24) is 9.55 Å². The van der Waals surface area contributed by atoms with Gasteiger partial charge in [-0.1, -0.05) is 25.5 Å². The van der Waals surface area contributed by atoms with Crippen LogP contribution in [0.15, 0.2) is 35.1 Å². The molecule has 2 aromatic rings. The van der Waals surface area contributed by atoms with E-state index in [4.69, 9.17) is 12.2 Å². The summed E-state index contributed by atoms with van der Waals surface area (Å²) >= 11 is 5.08. The van der Waals surface area contributed by atoms with Gasteiger partial charge in [0.2, 0.25) is 0 Å². The normalized spacial score (nSPS) is 10.5. The third-order valence-electron chi connectivity index (χ3n) is 3.20. The maximum atomic E-state index is 11.7. The molecule has 2 N–H and O–H groups in total. The van der Waals surface area contributed by atoms with Crippen molar-refractivity contribution in [3.05, 3.63) is 51.0 Å². The summed E-state index contributed by atoms with van der Waals surface area (Å²) in [7, 11) is 1.65. The second-order valence-corrected chi connectivity index (χ2v) is 5.20. The lowest BCUT2D eigenvalue weighted by Crippen LogP contribution is -2.18. The first-order chi connectivity index (χ1) is 9.60. The molecule has 0 spiro atoms. The van der Waals surface area contributed by atoms with Gasteiger partial charge in [0.1, 0.15) is 5.82 Å². The molecule has 1 heterocycles. The van der Waals surface area contributed by atoms with E-state index in [9.17, 15) is 4.79 Å². The number of H-pyrrole nitrogens is 1. The number of aromatic nitrogens is 2. The van der Waals surface area contributed by atoms with Gasteiger partial charge < -0.3 is 10.3 Å². The number of hydrogen-bond donors (Lipinski definition) is 2. The van der Waals surface area contributed by atoms with Gasteiger partial charge in [-0.05, 0) is 42.8 Å². The zero-order chi connectivity index (χ0) is 14.5. The fourth-order valence-corrected chi connectivity index (χ4v) is 2.11. The Morgan fingerprint density at radius 2 is 2.00 bits per heavy atom. The smallest absolute Gasteiger partial charge is 0.256 e. The Labute approximate surface area is 123 Å². The van der Waals surface area contributed by atoms with Crippen LogP contribution in [0.5, 0.6) is 0 Å². The average molecular weight is 289 g/mol. The highest BCUT2D eigenvalue weighted by molar-refractivity contribution is 7.71. The Kier molecular flexibility index (Phi) is 4.74. The Hall–Kier alpha value is -1.88. The minimum absolute atomic E-state index is 0.129. The van der Waals surface area contributed by atoms with Crippen molar-refractivity contribution in [1.29, 1.82) is 0 Å². The highest BCUT2D eigenvalue weighted by Crippen LogP contribution is 2.15. The second-order valence-electron chi connectivity index (χ2n) is 4.81. The zero-order valence-electron chi connectivity index (χ0n) is 11.8. The van der Waals surface area contributed by atoms with Crippen LogP contribution in [0.1, 0.15) is 25.3 Å². The fourth-order valence-electron chi connectivity index (χ4n) is 1.91. The first kappa shape index (κ1) is 14.5. The summed E-state index contributed by atoms with van der Waals surface area (Å²) in [5.41, 5.74) is 2.13. The van der Waals surface area contributed by atoms with E-state index >= 15 is 0 Å². The van der Waals surface area contributed by atoms with Gasteiger partial charge in [0.25, 0.3) is 5.56 Å². The molecule has 0 aliphatic rings. The SMILES string of the molecule is CCCCc1ccc(Nc2cc(=O)n(C)c(=S)[nH]2)cc1. The van der Waals surface area contributed by atoms with Crippen molar-refractivity contribution < 1.29 is 0 Å². The minimum atomic E-state index is -0.129. The van der Waals surface area contributed by atoms with Crippen LogP contribution in [0.3, 0.4) is 0 Å². The molecule has 0 fully saturated rings. The maximum absolute atomic E-state index is 11.7. The molecule has 20 heavy (non-hydrogen) atoms. The highest BCUT2D eigenvalue weighted by atomic mass is 32.1. The van der Waals surface area contributed by atoms with Gasteiger partial charge in [-0.3, -0.25) is 9.36 Å². The van der Waals surface area contributed by atoms with Crippen molar-refractivity contribution in [2.24, 2.45) is 7.05 Å². The standard InChI is InChI=1S/C15H19N3OS/c1-3-4-5-11-6-8-12(9-7-11)16-13-10-14(19)18(2)15(20)17-13/h6-10,16H,3-5H2,1-2H3,(H,17,20). The van der Waals surface area contributed by atoms with E-state index in [1.54, 1.807) is 7.05 Å². The third kappa shape index (κ3) is 3.57. The Balaban J connectivity index is 2.14. The number of hydrogen-bond acceptors (Lipinski definition) is 3. The van der Waals surface area contributed by atoms with E-state index in [0.717, 1.165) is 12.1 Å². The van der Waals surface area contributed by atoms with E-state index in [2.05, 4.69) is 29.4 Å². The molecule has 0 atom stereocenters. The molecule has 1 aromatic heterocycles. The zero-order valence-corrected chi connectivity index (χ0v) is 12.6. The van der Waals surface area contributed by atoms with E-state index in [-0.39, 0.29) is 5.56 Å². The van der Waals surface area contributed by atoms with Gasteiger partial charge in [0, 0.05) is 18.8 Å². The monoisotopic (exact) mass is 289 g/mol. The van der Waals surface area contributed by atoms with Crippen molar-refractivity contribution in [3.63, 3.8) is 0 Å². The molecule has 0 saturated heterocycles. The van der Waals surface area contributed by atoms with E-state index in [0.29, 0.717) is 10.6 Å². The van der Waals surface area contributed by atoms with Gasteiger partial charge in [-0.25, -0.2) is 0 Å². The Morgan fingerprint density at radius 1 is 1.30 bits per heavy atom. The average Bonchev–Trinajstić information content (AvgIpc) is 2.44. The van der Waals surface area contributed by atoms with Gasteiger partial charge >= 0.3 is 0 Å². The van der Waals surface area contributed by atoms with Crippen LogP contribution < -0.4 is 10.9 Å². The quantitative estimate of drug-likeness (QED) is 0.828. The van der Waals surface area contributed by atoms with Crippen LogP contribution in [-0.4, -0.2) is 9.55 Å². The molecule has 4 nitrogen and oxygen atoms in total. The van der Waals surface area contributed by atoms with Crippen molar-refractivity contribution in [2.45, 2.75) is 26.2 Å². The molecule has 2 rings (SSSR count). The van der Waals surface area contributed by atoms with Crippen molar-refractivity contribution in [2.75, 3.05) is 5.32 Å². The number of rotatable bonds is 5. The number of aryl methyl sites for hydroxylation is 1. The predicted octanol–water partition coefficient (Wildman–Crippen LogP) is 3.53. The summed E-state index contributed by atoms with van der Waals surface area (Å²) in [6.45, 7) is 2.19. The summed E-state index contributed by atoms with van der Waals surface area (Å²) in [5.74, 6) is 0.611. The topological polar surface area (TPSA) is 49.8 Å². The fraction of sp³-hybridized carbons (Fsp3) is 0.333. The van der Waals surface area contributed by atoms with Crippen LogP contribution in [0.2, 0.25) is 0 Å². The first-order valence-corrected chi connectivity index (χ1v) is 7.17. The van der Waals surface area contributed by atoms with Crippen LogP contribution in [0.4, 0.5) is 11.5 Å². The van der Waals surface area contributed by atoms with Crippen LogP contribution >= 0.6 is 12.2 Å². The van der Waals surface area contributed by atoms with Gasteiger partial charge in [-0.2, -0.15) is 0 Å². The van der Waals surface area contributed by atoms with Crippen LogP contribution in [0, 0.1) is 4.77 Å². The second kappa shape index (κ2) is 6.52. The number of unbranched alkanes of at least 4 members (excludes halogenated alkanes) is 1. The molecule has 0 aliphatic carbocycles. The van der Waals surface area contributed by atoms with Crippen LogP contribution in [0.25, 0.3) is 0 Å². The van der Waals surface area contributed by atoms with Gasteiger partial charge in [0.05, 0.1) is 0 Å². The summed E-state index contributed by atoms with van der Waals surface area (Å²) < 4.78 is 1.80. The van der Waals surface area contributed by atoms with Crippen molar-refractivity contribution >= 4 is 23.7 Å². The van der Waals surface area contributed by atoms with E-state index in [1.165, 1.54) is 29.0 Å². The molecule has 1 aromatic carbocycles. The van der Waals surface area contributed by atoms with E-state index in [1.807, 2.05) is 12.1 Å². The molecular weight excluding hydrogens is 270 g/mol. The molecule has 0 aliphatic heterocycles. The van der Waals surface area contributed by atoms with E-state index < -0.39 is 0 Å². The number of nitrogens with zero attached hydrogens (tertiary/aromatic N) is 1. The van der Waals surface area contributed by atoms with Crippen molar-refractivity contribution in [3.8, 4) is 0 Å². The maximum Gasteiger partial charge on any atom is 0.256 e. The van der Waals surface area contributed by atoms with Crippen LogP contribution in [-0.2, 0) is 13.5 Å². The molecule has 0 saturated carbocycles. The summed E-state index contributed by atoms with van der Waals surface area (Å²) in [6, 6.07) is 9.74. The summed E-state index contributed by atoms with van der Waals surface area (Å²) in [4.78, 5) is 14.6. The largest absolute Gasteiger partial charge is 0.342 e. The molecule has 0 radical (unpaired) electrons. The number of aromatic amines is 1. The molecular formula is C15H19N3OS. The molecule has 5 heteroatoms. The Bertz CT molecular complexity index is 654. The lowest BCUT2D eigenvalue weighted by molar-refractivity contribution is 0.795. The van der Waals surface area contributed by atoms with Gasteiger partial charge in [-0.15, -0.1) is 0 Å². The highest BCUT2D eigenvalue weighted by Gasteiger charge is 2.00. The molecule has 106 valence electrons. The summed E-state index contributed by atoms with van der Waals surface area (Å²) in [6.07, 6.45) is 3.50. The minimum Gasteiger partial charge on any atom is -0.342 e. The number of nitrogens with one attached hydrogen (secondary N) is 2. The predicted molar refractivity (Wildman–Crippen MR) is 85.2 cm³/mol. The third-order valence-corrected chi connectivity index (χ3v) is 3.57. The van der Waals surface area contributed by atoms with Gasteiger partial charge in [0.15, 0.2) is 4.77 Å². The Morgan fingerprint density at radius 3 is 2.60 bits per heavy atom. The molecule has 0 bridgehead atoms. The molecule has 0 amide bonds. The number of anilines is 2.